The lowest BCUT2D eigenvalue weighted by atomic mass is 10.0. The number of aromatic nitrogens is 4. The van der Waals surface area contributed by atoms with Gasteiger partial charge in [0, 0.05) is 44.3 Å². The lowest BCUT2D eigenvalue weighted by Crippen LogP contribution is -2.28. The van der Waals surface area contributed by atoms with Gasteiger partial charge in [0.2, 0.25) is 6.29 Å². The minimum atomic E-state index is -0.749. The molecule has 2 aliphatic heterocycles. The summed E-state index contributed by atoms with van der Waals surface area (Å²) in [7, 11) is 0. The van der Waals surface area contributed by atoms with E-state index in [0.717, 1.165) is 89.2 Å². The molecule has 4 aromatic carbocycles. The highest BCUT2D eigenvalue weighted by molar-refractivity contribution is 5.98. The van der Waals surface area contributed by atoms with E-state index < -0.39 is 18.0 Å². The van der Waals surface area contributed by atoms with Gasteiger partial charge in [-0.25, -0.2) is 9.97 Å². The predicted octanol–water partition coefficient (Wildman–Crippen LogP) is 12.1. The molecule has 3 aliphatic rings. The van der Waals surface area contributed by atoms with Gasteiger partial charge in [0.25, 0.3) is 0 Å². The van der Waals surface area contributed by atoms with Gasteiger partial charge in [-0.05, 0) is 85.0 Å². The summed E-state index contributed by atoms with van der Waals surface area (Å²) in [5.74, 6) is 0. The van der Waals surface area contributed by atoms with Crippen molar-refractivity contribution in [1.82, 2.24) is 19.9 Å². The minimum Gasteiger partial charge on any atom is -0.354 e. The van der Waals surface area contributed by atoms with Gasteiger partial charge in [-0.3, -0.25) is 0 Å². The molecule has 0 saturated heterocycles. The Balaban J connectivity index is 1.42. The summed E-state index contributed by atoms with van der Waals surface area (Å²) in [6, 6.07) is 48.4. The maximum atomic E-state index is 7.12. The van der Waals surface area contributed by atoms with E-state index in [1.54, 1.807) is 0 Å². The second kappa shape index (κ2) is 12.7. The fourth-order valence-electron chi connectivity index (χ4n) is 8.01. The number of H-pyrrole nitrogens is 2. The van der Waals surface area contributed by atoms with Crippen LogP contribution in [0.15, 0.2) is 140 Å². The third-order valence-electron chi connectivity index (χ3n) is 10.2. The fraction of sp³-hybridized carbons (Fsp3) is 0.125. The highest BCUT2D eigenvalue weighted by Crippen LogP contribution is 2.51. The molecular formula is C48H38N4O2. The van der Waals surface area contributed by atoms with Crippen LogP contribution in [0.4, 0.5) is 0 Å². The van der Waals surface area contributed by atoms with Crippen LogP contribution in [-0.4, -0.2) is 25.5 Å². The Hall–Kier alpha value is -6.34. The van der Waals surface area contributed by atoms with Crippen molar-refractivity contribution < 1.29 is 9.47 Å². The first-order valence-electron chi connectivity index (χ1n) is 18.5. The van der Waals surface area contributed by atoms with Gasteiger partial charge in [0.15, 0.2) is 0 Å². The summed E-state index contributed by atoms with van der Waals surface area (Å²) in [6.45, 7) is 6.18. The van der Waals surface area contributed by atoms with Gasteiger partial charge < -0.3 is 19.4 Å². The summed E-state index contributed by atoms with van der Waals surface area (Å²) in [5.41, 5.74) is 15.9. The van der Waals surface area contributed by atoms with Crippen LogP contribution in [0.2, 0.25) is 0 Å². The zero-order valence-corrected chi connectivity index (χ0v) is 30.3. The van der Waals surface area contributed by atoms with Crippen LogP contribution in [-0.2, 0) is 9.47 Å². The fourth-order valence-corrected chi connectivity index (χ4v) is 8.01. The maximum Gasteiger partial charge on any atom is 0.203 e. The van der Waals surface area contributed by atoms with Gasteiger partial charge in [-0.1, -0.05) is 115 Å². The zero-order chi connectivity index (χ0) is 36.4. The molecule has 6 heteroatoms. The van der Waals surface area contributed by atoms with Gasteiger partial charge in [0.1, 0.15) is 11.8 Å². The van der Waals surface area contributed by atoms with Gasteiger partial charge in [0.05, 0.1) is 22.7 Å². The summed E-state index contributed by atoms with van der Waals surface area (Å²) in [6.07, 6.45) is 3.10. The van der Waals surface area contributed by atoms with Crippen LogP contribution in [0.5, 0.6) is 0 Å². The van der Waals surface area contributed by atoms with Crippen molar-refractivity contribution in [2.45, 2.75) is 38.8 Å². The Kier molecular flexibility index (Phi) is 7.58. The molecule has 54 heavy (non-hydrogen) atoms. The van der Waals surface area contributed by atoms with Crippen LogP contribution in [0.1, 0.15) is 61.5 Å². The largest absolute Gasteiger partial charge is 0.354 e. The van der Waals surface area contributed by atoms with E-state index in [2.05, 4.69) is 164 Å². The molecule has 0 fully saturated rings. The van der Waals surface area contributed by atoms with Crippen molar-refractivity contribution in [2.75, 3.05) is 0 Å². The quantitative estimate of drug-likeness (QED) is 0.191. The molecule has 8 bridgehead atoms. The topological polar surface area (TPSA) is 75.8 Å². The molecule has 7 aromatic rings. The van der Waals surface area contributed by atoms with E-state index in [0.29, 0.717) is 5.69 Å². The van der Waals surface area contributed by atoms with E-state index in [9.17, 15) is 0 Å². The standard InChI is InChI=1S/C48H38N4O2/c1-48(2,3)54-47-45-42(31-19-11-6-12-20-31)38-27-25-36(50-38)40(29-15-7-4-8-16-29)34-23-24-35(49-34)41(30-17-9-5-10-18-30)37-26-28-39(51-37)43-32-21-13-14-22-33(32)46(53-47)44(43)52-45/h4-28,46-47,50-51H,1-3H3/t46-,47-/m1/s1. The second-order valence-corrected chi connectivity index (χ2v) is 14.9. The lowest BCUT2D eigenvalue weighted by Gasteiger charge is -2.33. The molecule has 0 radical (unpaired) electrons. The third-order valence-corrected chi connectivity index (χ3v) is 10.2. The first-order chi connectivity index (χ1) is 26.4. The van der Waals surface area contributed by atoms with E-state index >= 15 is 0 Å². The molecule has 0 unspecified atom stereocenters. The Bertz CT molecular complexity index is 2760. The summed E-state index contributed by atoms with van der Waals surface area (Å²) < 4.78 is 13.9. The molecular weight excluding hydrogens is 665 g/mol. The van der Waals surface area contributed by atoms with Crippen molar-refractivity contribution in [3.63, 3.8) is 0 Å². The van der Waals surface area contributed by atoms with Crippen LogP contribution in [0, 0.1) is 0 Å². The number of aromatic amines is 2. The predicted molar refractivity (Wildman–Crippen MR) is 218 cm³/mol. The van der Waals surface area contributed by atoms with Crippen LogP contribution in [0.25, 0.3) is 78.7 Å². The number of ether oxygens (including phenoxy) is 2. The van der Waals surface area contributed by atoms with Crippen molar-refractivity contribution >= 4 is 34.2 Å². The van der Waals surface area contributed by atoms with Gasteiger partial charge >= 0.3 is 0 Å². The Morgan fingerprint density at radius 1 is 0.500 bits per heavy atom. The van der Waals surface area contributed by atoms with Crippen LogP contribution in [0.3, 0.4) is 0 Å². The molecule has 0 amide bonds. The highest BCUT2D eigenvalue weighted by atomic mass is 16.7. The average Bonchev–Trinajstić information content (AvgIpc) is 4.01. The van der Waals surface area contributed by atoms with Gasteiger partial charge in [-0.2, -0.15) is 0 Å². The molecule has 1 aliphatic carbocycles. The molecule has 0 spiro atoms. The van der Waals surface area contributed by atoms with E-state index in [1.165, 1.54) is 0 Å². The van der Waals surface area contributed by atoms with Gasteiger partial charge in [-0.15, -0.1) is 0 Å². The summed E-state index contributed by atoms with van der Waals surface area (Å²) in [5, 5.41) is 0. The van der Waals surface area contributed by atoms with Crippen molar-refractivity contribution in [3.8, 4) is 44.5 Å². The Labute approximate surface area is 313 Å². The molecule has 0 saturated carbocycles. The highest BCUT2D eigenvalue weighted by Gasteiger charge is 2.40. The van der Waals surface area contributed by atoms with Crippen molar-refractivity contribution in [1.29, 1.82) is 0 Å². The first kappa shape index (κ1) is 32.3. The summed E-state index contributed by atoms with van der Waals surface area (Å²) in [4.78, 5) is 18.7. The monoisotopic (exact) mass is 702 g/mol. The Morgan fingerprint density at radius 3 is 1.50 bits per heavy atom. The van der Waals surface area contributed by atoms with Crippen molar-refractivity contribution in [2.24, 2.45) is 0 Å². The maximum absolute atomic E-state index is 7.12. The van der Waals surface area contributed by atoms with E-state index in [4.69, 9.17) is 19.4 Å². The smallest absolute Gasteiger partial charge is 0.203 e. The molecule has 10 rings (SSSR count). The number of benzene rings is 4. The number of fused-ring (bicyclic) bond motifs is 11. The average molecular weight is 703 g/mol. The van der Waals surface area contributed by atoms with Crippen LogP contribution < -0.4 is 0 Å². The Morgan fingerprint density at radius 2 is 0.963 bits per heavy atom. The molecule has 2 N–H and O–H groups in total. The zero-order valence-electron chi connectivity index (χ0n) is 30.3. The molecule has 262 valence electrons. The minimum absolute atomic E-state index is 0.413. The number of nitrogens with zero attached hydrogens (tertiary/aromatic N) is 2. The van der Waals surface area contributed by atoms with Crippen molar-refractivity contribution in [3.05, 3.63) is 168 Å². The lowest BCUT2D eigenvalue weighted by molar-refractivity contribution is -0.222. The van der Waals surface area contributed by atoms with E-state index in [-0.39, 0.29) is 0 Å². The number of nitrogens with one attached hydrogen (secondary N) is 2. The van der Waals surface area contributed by atoms with Crippen LogP contribution >= 0.6 is 0 Å². The SMILES string of the molecule is CC(C)(C)O[C@H]1O[C@@H]2c3ccccc3-c3c2nc1c(-c1ccccc1)c1ccc([nH]1)c(-c1ccccc1)c1nc(c(-c2ccccc2)c2ccc3[nH]2)C=C1. The first-order valence-corrected chi connectivity index (χ1v) is 18.5. The molecule has 6 nitrogen and oxygen atoms in total. The number of hydrogen-bond acceptors (Lipinski definition) is 4. The normalized spacial score (nSPS) is 16.0. The molecule has 5 heterocycles. The molecule has 3 aromatic heterocycles. The number of hydrogen-bond donors (Lipinski definition) is 2. The number of rotatable bonds is 4. The summed E-state index contributed by atoms with van der Waals surface area (Å²) >= 11 is 0. The second-order valence-electron chi connectivity index (χ2n) is 14.9. The third kappa shape index (κ3) is 5.50. The molecule has 2 atom stereocenters. The van der Waals surface area contributed by atoms with E-state index in [1.807, 2.05) is 18.2 Å².